The molecule has 0 aromatic heterocycles. The standard InChI is InChI=1S/C13H16O2/c1-2-6-12-11(9-13(14)15-12)10-7-4-3-5-8-10/h3-5,7-8,11-12H,2,6,9H2,1H3/t11-,12+/m1/s1. The van der Waals surface area contributed by atoms with Crippen LogP contribution in [0.4, 0.5) is 0 Å². The lowest BCUT2D eigenvalue weighted by molar-refractivity contribution is -0.141. The molecule has 0 saturated carbocycles. The molecular formula is C13H16O2. The number of rotatable bonds is 3. The molecule has 0 spiro atoms. The minimum atomic E-state index is -0.0534. The summed E-state index contributed by atoms with van der Waals surface area (Å²) in [5.41, 5.74) is 1.22. The van der Waals surface area contributed by atoms with Crippen molar-refractivity contribution in [3.63, 3.8) is 0 Å². The number of hydrogen-bond donors (Lipinski definition) is 0. The Hall–Kier alpha value is -1.31. The number of ether oxygens (including phenoxy) is 1. The fourth-order valence-corrected chi connectivity index (χ4v) is 2.19. The average molecular weight is 204 g/mol. The topological polar surface area (TPSA) is 26.3 Å². The third kappa shape index (κ3) is 2.20. The van der Waals surface area contributed by atoms with Gasteiger partial charge in [-0.25, -0.2) is 0 Å². The lowest BCUT2D eigenvalue weighted by Crippen LogP contribution is -2.13. The monoisotopic (exact) mass is 204 g/mol. The first-order valence-corrected chi connectivity index (χ1v) is 5.55. The molecule has 15 heavy (non-hydrogen) atoms. The van der Waals surface area contributed by atoms with Gasteiger partial charge in [0, 0.05) is 5.92 Å². The quantitative estimate of drug-likeness (QED) is 0.708. The predicted octanol–water partition coefficient (Wildman–Crippen LogP) is 2.89. The van der Waals surface area contributed by atoms with Gasteiger partial charge >= 0.3 is 5.97 Å². The van der Waals surface area contributed by atoms with Crippen LogP contribution in [0.3, 0.4) is 0 Å². The molecule has 2 rings (SSSR count). The summed E-state index contributed by atoms with van der Waals surface area (Å²) in [5, 5.41) is 0. The highest BCUT2D eigenvalue weighted by Crippen LogP contribution is 2.34. The summed E-state index contributed by atoms with van der Waals surface area (Å²) in [7, 11) is 0. The van der Waals surface area contributed by atoms with Gasteiger partial charge in [-0.2, -0.15) is 0 Å². The zero-order valence-electron chi connectivity index (χ0n) is 8.98. The maximum Gasteiger partial charge on any atom is 0.306 e. The maximum atomic E-state index is 11.3. The molecule has 0 unspecified atom stereocenters. The van der Waals surface area contributed by atoms with Crippen molar-refractivity contribution in [2.75, 3.05) is 0 Å². The van der Waals surface area contributed by atoms with Gasteiger partial charge in [-0.3, -0.25) is 4.79 Å². The van der Waals surface area contributed by atoms with Gasteiger partial charge in [-0.05, 0) is 12.0 Å². The highest BCUT2D eigenvalue weighted by atomic mass is 16.5. The smallest absolute Gasteiger partial charge is 0.306 e. The molecule has 1 aliphatic rings. The van der Waals surface area contributed by atoms with Crippen molar-refractivity contribution in [2.45, 2.75) is 38.2 Å². The summed E-state index contributed by atoms with van der Waals surface area (Å²) < 4.78 is 5.33. The van der Waals surface area contributed by atoms with Gasteiger partial charge in [0.1, 0.15) is 6.10 Å². The summed E-state index contributed by atoms with van der Waals surface area (Å²) in [6, 6.07) is 10.2. The Morgan fingerprint density at radius 1 is 1.33 bits per heavy atom. The minimum Gasteiger partial charge on any atom is -0.462 e. The molecule has 0 aliphatic carbocycles. The van der Waals surface area contributed by atoms with Crippen molar-refractivity contribution in [2.24, 2.45) is 0 Å². The van der Waals surface area contributed by atoms with E-state index in [-0.39, 0.29) is 18.0 Å². The van der Waals surface area contributed by atoms with E-state index in [1.165, 1.54) is 5.56 Å². The highest BCUT2D eigenvalue weighted by Gasteiger charge is 2.34. The van der Waals surface area contributed by atoms with Crippen LogP contribution in [0.1, 0.15) is 37.7 Å². The number of cyclic esters (lactones) is 1. The Morgan fingerprint density at radius 2 is 2.07 bits per heavy atom. The Bertz CT molecular complexity index is 332. The molecule has 0 N–H and O–H groups in total. The van der Waals surface area contributed by atoms with Gasteiger partial charge in [-0.15, -0.1) is 0 Å². The van der Waals surface area contributed by atoms with Crippen molar-refractivity contribution in [3.8, 4) is 0 Å². The summed E-state index contributed by atoms with van der Waals surface area (Å²) >= 11 is 0. The van der Waals surface area contributed by atoms with E-state index in [9.17, 15) is 4.79 Å². The molecule has 1 saturated heterocycles. The molecular weight excluding hydrogens is 188 g/mol. The normalized spacial score (nSPS) is 25.3. The summed E-state index contributed by atoms with van der Waals surface area (Å²) in [5.74, 6) is 0.209. The lowest BCUT2D eigenvalue weighted by atomic mass is 9.90. The molecule has 0 bridgehead atoms. The fourth-order valence-electron chi connectivity index (χ4n) is 2.19. The van der Waals surface area contributed by atoms with Crippen LogP contribution in [0, 0.1) is 0 Å². The highest BCUT2D eigenvalue weighted by molar-refractivity contribution is 5.73. The van der Waals surface area contributed by atoms with Gasteiger partial charge in [0.2, 0.25) is 0 Å². The molecule has 80 valence electrons. The molecule has 1 aliphatic heterocycles. The number of carbonyl (C=O) groups is 1. The van der Waals surface area contributed by atoms with E-state index in [0.717, 1.165) is 12.8 Å². The Balaban J connectivity index is 2.17. The first kappa shape index (κ1) is 10.2. The lowest BCUT2D eigenvalue weighted by Gasteiger charge is -2.16. The third-order valence-electron chi connectivity index (χ3n) is 2.92. The summed E-state index contributed by atoms with van der Waals surface area (Å²) in [6.45, 7) is 2.12. The van der Waals surface area contributed by atoms with Crippen LogP contribution in [0.5, 0.6) is 0 Å². The van der Waals surface area contributed by atoms with E-state index in [1.807, 2.05) is 18.2 Å². The molecule has 2 heteroatoms. The average Bonchev–Trinajstić information content (AvgIpc) is 2.62. The second-order valence-corrected chi connectivity index (χ2v) is 4.04. The third-order valence-corrected chi connectivity index (χ3v) is 2.92. The Labute approximate surface area is 90.3 Å². The van der Waals surface area contributed by atoms with Crippen molar-refractivity contribution in [1.82, 2.24) is 0 Å². The Kier molecular flexibility index (Phi) is 3.05. The number of esters is 1. The van der Waals surface area contributed by atoms with Gasteiger partial charge in [0.05, 0.1) is 6.42 Å². The van der Waals surface area contributed by atoms with Crippen molar-refractivity contribution >= 4 is 5.97 Å². The minimum absolute atomic E-state index is 0.0534. The van der Waals surface area contributed by atoms with Crippen LogP contribution in [0.2, 0.25) is 0 Å². The maximum absolute atomic E-state index is 11.3. The van der Waals surface area contributed by atoms with Crippen LogP contribution in [-0.2, 0) is 9.53 Å². The molecule has 0 radical (unpaired) electrons. The summed E-state index contributed by atoms with van der Waals surface area (Å²) in [6.07, 6.45) is 2.64. The van der Waals surface area contributed by atoms with Gasteiger partial charge in [0.25, 0.3) is 0 Å². The zero-order chi connectivity index (χ0) is 10.7. The van der Waals surface area contributed by atoms with Crippen LogP contribution in [0.25, 0.3) is 0 Å². The number of benzene rings is 1. The van der Waals surface area contributed by atoms with Gasteiger partial charge in [-0.1, -0.05) is 43.7 Å². The van der Waals surface area contributed by atoms with E-state index in [0.29, 0.717) is 6.42 Å². The van der Waals surface area contributed by atoms with Crippen molar-refractivity contribution in [3.05, 3.63) is 35.9 Å². The van der Waals surface area contributed by atoms with Gasteiger partial charge < -0.3 is 4.74 Å². The fraction of sp³-hybridized carbons (Fsp3) is 0.462. The number of hydrogen-bond acceptors (Lipinski definition) is 2. The first-order valence-electron chi connectivity index (χ1n) is 5.55. The van der Waals surface area contributed by atoms with Crippen molar-refractivity contribution < 1.29 is 9.53 Å². The predicted molar refractivity (Wildman–Crippen MR) is 58.6 cm³/mol. The molecule has 2 nitrogen and oxygen atoms in total. The van der Waals surface area contributed by atoms with Crippen molar-refractivity contribution in [1.29, 1.82) is 0 Å². The van der Waals surface area contributed by atoms with Crippen LogP contribution in [0.15, 0.2) is 30.3 Å². The second-order valence-electron chi connectivity index (χ2n) is 4.04. The van der Waals surface area contributed by atoms with Crippen LogP contribution >= 0.6 is 0 Å². The molecule has 1 aromatic carbocycles. The SMILES string of the molecule is CCC[C@@H]1OC(=O)C[C@@H]1c1ccccc1. The molecule has 1 heterocycles. The second kappa shape index (κ2) is 4.47. The van der Waals surface area contributed by atoms with Crippen LogP contribution in [-0.4, -0.2) is 12.1 Å². The van der Waals surface area contributed by atoms with E-state index >= 15 is 0 Å². The molecule has 0 amide bonds. The van der Waals surface area contributed by atoms with Crippen LogP contribution < -0.4 is 0 Å². The number of carbonyl (C=O) groups excluding carboxylic acids is 1. The van der Waals surface area contributed by atoms with E-state index in [1.54, 1.807) is 0 Å². The zero-order valence-corrected chi connectivity index (χ0v) is 8.98. The largest absolute Gasteiger partial charge is 0.462 e. The van der Waals surface area contributed by atoms with E-state index < -0.39 is 0 Å². The Morgan fingerprint density at radius 3 is 2.73 bits per heavy atom. The first-order chi connectivity index (χ1) is 7.31. The summed E-state index contributed by atoms with van der Waals surface area (Å²) in [4.78, 5) is 11.3. The molecule has 2 atom stereocenters. The molecule has 1 fully saturated rings. The molecule has 1 aromatic rings. The van der Waals surface area contributed by atoms with E-state index in [2.05, 4.69) is 19.1 Å². The van der Waals surface area contributed by atoms with E-state index in [4.69, 9.17) is 4.74 Å². The van der Waals surface area contributed by atoms with Gasteiger partial charge in [0.15, 0.2) is 0 Å².